The third-order valence-electron chi connectivity index (χ3n) is 4.26. The van der Waals surface area contributed by atoms with Gasteiger partial charge in [0, 0.05) is 20.6 Å². The van der Waals surface area contributed by atoms with Crippen LogP contribution in [0.15, 0.2) is 54.6 Å². The molecule has 2 aromatic rings. The molecule has 1 atom stereocenters. The van der Waals surface area contributed by atoms with E-state index in [1.54, 1.807) is 24.3 Å². The fourth-order valence-electron chi connectivity index (χ4n) is 2.97. The van der Waals surface area contributed by atoms with Crippen molar-refractivity contribution < 1.29 is 23.2 Å². The highest BCUT2D eigenvalue weighted by molar-refractivity contribution is 7.54. The Hall–Kier alpha value is -2.27. The minimum Gasteiger partial charge on any atom is -0.310 e. The summed E-state index contributed by atoms with van der Waals surface area (Å²) in [7, 11) is -1.22. The Morgan fingerprint density at radius 2 is 1.36 bits per heavy atom. The number of nitrogens with zero attached hydrogens (tertiary/aromatic N) is 1. The molecule has 0 N–H and O–H groups in total. The van der Waals surface area contributed by atoms with Crippen molar-refractivity contribution in [1.29, 1.82) is 0 Å². The van der Waals surface area contributed by atoms with E-state index in [1.807, 2.05) is 30.3 Å². The number of carbonyl (C=O) groups excluding carboxylic acids is 2. The second-order valence-corrected chi connectivity index (χ2v) is 8.01. The molecular weight excluding hydrogens is 341 g/mol. The quantitative estimate of drug-likeness (QED) is 0.584. The molecule has 7 heteroatoms. The van der Waals surface area contributed by atoms with Crippen molar-refractivity contribution in [3.05, 3.63) is 71.3 Å². The molecule has 0 aliphatic carbocycles. The van der Waals surface area contributed by atoms with Gasteiger partial charge in [0.15, 0.2) is 0 Å². The number of hydrogen-bond donors (Lipinski definition) is 0. The lowest BCUT2D eigenvalue weighted by molar-refractivity contribution is 0.0607. The SMILES string of the molecule is COP(=O)(OC)C(Cc1ccccc1)N1C(=O)c2ccccc2C1=O. The molecule has 0 spiro atoms. The molecule has 1 heterocycles. The van der Waals surface area contributed by atoms with Gasteiger partial charge in [0.2, 0.25) is 0 Å². The average molecular weight is 359 g/mol. The van der Waals surface area contributed by atoms with Crippen LogP contribution in [0.3, 0.4) is 0 Å². The van der Waals surface area contributed by atoms with E-state index in [4.69, 9.17) is 9.05 Å². The molecule has 130 valence electrons. The van der Waals surface area contributed by atoms with Crippen molar-refractivity contribution in [2.24, 2.45) is 0 Å². The molecule has 1 unspecified atom stereocenters. The first kappa shape index (κ1) is 17.5. The Morgan fingerprint density at radius 1 is 0.880 bits per heavy atom. The molecule has 0 radical (unpaired) electrons. The second-order valence-electron chi connectivity index (χ2n) is 5.60. The molecule has 0 aromatic heterocycles. The van der Waals surface area contributed by atoms with E-state index < -0.39 is 25.2 Å². The van der Waals surface area contributed by atoms with Crippen LogP contribution in [0.25, 0.3) is 0 Å². The van der Waals surface area contributed by atoms with Crippen molar-refractivity contribution in [3.8, 4) is 0 Å². The molecule has 0 saturated heterocycles. The summed E-state index contributed by atoms with van der Waals surface area (Å²) in [6.07, 6.45) is 0.172. The van der Waals surface area contributed by atoms with Crippen molar-refractivity contribution in [2.75, 3.05) is 14.2 Å². The highest BCUT2D eigenvalue weighted by Gasteiger charge is 2.48. The lowest BCUT2D eigenvalue weighted by atomic mass is 10.1. The number of amides is 2. The summed E-state index contributed by atoms with van der Waals surface area (Å²) in [4.78, 5) is 26.6. The van der Waals surface area contributed by atoms with Gasteiger partial charge in [-0.15, -0.1) is 0 Å². The predicted octanol–water partition coefficient (Wildman–Crippen LogP) is 3.34. The van der Waals surface area contributed by atoms with Gasteiger partial charge in [0.25, 0.3) is 11.8 Å². The summed E-state index contributed by atoms with van der Waals surface area (Å²) in [5.41, 5.74) is 1.41. The summed E-state index contributed by atoms with van der Waals surface area (Å²) in [6, 6.07) is 15.7. The van der Waals surface area contributed by atoms with E-state index in [-0.39, 0.29) is 6.42 Å². The van der Waals surface area contributed by atoms with Crippen LogP contribution in [0.4, 0.5) is 0 Å². The maximum absolute atomic E-state index is 13.1. The van der Waals surface area contributed by atoms with Crippen LogP contribution in [0.5, 0.6) is 0 Å². The summed E-state index contributed by atoms with van der Waals surface area (Å²) in [5.74, 6) is -2.02. The molecular formula is C18H18NO5P. The van der Waals surface area contributed by atoms with Gasteiger partial charge in [-0.3, -0.25) is 19.1 Å². The van der Waals surface area contributed by atoms with E-state index in [0.29, 0.717) is 11.1 Å². The Bertz CT molecular complexity index is 809. The lowest BCUT2D eigenvalue weighted by Crippen LogP contribution is -2.41. The highest BCUT2D eigenvalue weighted by atomic mass is 31.2. The average Bonchev–Trinajstić information content (AvgIpc) is 2.91. The van der Waals surface area contributed by atoms with Gasteiger partial charge in [-0.05, 0) is 17.7 Å². The molecule has 3 rings (SSSR count). The summed E-state index contributed by atoms with van der Waals surface area (Å²) in [5, 5.41) is 0. The molecule has 0 bridgehead atoms. The molecule has 6 nitrogen and oxygen atoms in total. The van der Waals surface area contributed by atoms with Gasteiger partial charge in [0.1, 0.15) is 5.78 Å². The summed E-state index contributed by atoms with van der Waals surface area (Å²) >= 11 is 0. The third-order valence-corrected chi connectivity index (χ3v) is 6.42. The predicted molar refractivity (Wildman–Crippen MR) is 92.5 cm³/mol. The van der Waals surface area contributed by atoms with E-state index in [9.17, 15) is 14.2 Å². The molecule has 1 aliphatic rings. The van der Waals surface area contributed by atoms with Crippen molar-refractivity contribution in [1.82, 2.24) is 4.90 Å². The number of benzene rings is 2. The van der Waals surface area contributed by atoms with Gasteiger partial charge < -0.3 is 9.05 Å². The Morgan fingerprint density at radius 3 is 1.84 bits per heavy atom. The van der Waals surface area contributed by atoms with E-state index in [1.165, 1.54) is 14.2 Å². The van der Waals surface area contributed by atoms with Crippen LogP contribution < -0.4 is 0 Å². The number of rotatable bonds is 6. The number of fused-ring (bicyclic) bond motifs is 1. The second kappa shape index (κ2) is 6.92. The maximum atomic E-state index is 13.1. The minimum absolute atomic E-state index is 0.172. The van der Waals surface area contributed by atoms with Crippen LogP contribution in [-0.4, -0.2) is 36.7 Å². The number of hydrogen-bond acceptors (Lipinski definition) is 5. The fraction of sp³-hybridized carbons (Fsp3) is 0.222. The number of carbonyl (C=O) groups is 2. The summed E-state index contributed by atoms with van der Waals surface area (Å²) in [6.45, 7) is 0. The molecule has 1 aliphatic heterocycles. The zero-order valence-electron chi connectivity index (χ0n) is 13.9. The molecule has 2 amide bonds. The van der Waals surface area contributed by atoms with Crippen molar-refractivity contribution in [2.45, 2.75) is 12.2 Å². The molecule has 0 saturated carbocycles. The van der Waals surface area contributed by atoms with Gasteiger partial charge in [0.05, 0.1) is 11.1 Å². The fourth-order valence-corrected chi connectivity index (χ4v) is 4.53. The lowest BCUT2D eigenvalue weighted by Gasteiger charge is -2.30. The van der Waals surface area contributed by atoms with Crippen molar-refractivity contribution in [3.63, 3.8) is 0 Å². The zero-order chi connectivity index (χ0) is 18.0. The van der Waals surface area contributed by atoms with E-state index in [2.05, 4.69) is 0 Å². The van der Waals surface area contributed by atoms with Crippen LogP contribution >= 0.6 is 7.60 Å². The first-order valence-electron chi connectivity index (χ1n) is 7.74. The van der Waals surface area contributed by atoms with Gasteiger partial charge in [-0.2, -0.15) is 0 Å². The van der Waals surface area contributed by atoms with Crippen LogP contribution in [0.2, 0.25) is 0 Å². The van der Waals surface area contributed by atoms with Crippen LogP contribution in [0, 0.1) is 0 Å². The summed E-state index contributed by atoms with van der Waals surface area (Å²) < 4.78 is 23.3. The first-order valence-corrected chi connectivity index (χ1v) is 9.35. The van der Waals surface area contributed by atoms with Crippen LogP contribution in [0.1, 0.15) is 26.3 Å². The first-order chi connectivity index (χ1) is 12.0. The van der Waals surface area contributed by atoms with E-state index >= 15 is 0 Å². The van der Waals surface area contributed by atoms with Gasteiger partial charge in [-0.25, -0.2) is 0 Å². The maximum Gasteiger partial charge on any atom is 0.353 e. The standard InChI is InChI=1S/C18H18NO5P/c1-23-25(22,24-2)16(12-13-8-4-3-5-9-13)19-17(20)14-10-6-7-11-15(14)18(19)21/h3-11,16H,12H2,1-2H3. The normalized spacial score (nSPS) is 15.4. The Balaban J connectivity index is 2.05. The largest absolute Gasteiger partial charge is 0.353 e. The topological polar surface area (TPSA) is 72.9 Å². The molecule has 25 heavy (non-hydrogen) atoms. The van der Waals surface area contributed by atoms with Crippen LogP contribution in [-0.2, 0) is 20.0 Å². The highest BCUT2D eigenvalue weighted by Crippen LogP contribution is 2.55. The van der Waals surface area contributed by atoms with Crippen molar-refractivity contribution >= 4 is 19.4 Å². The van der Waals surface area contributed by atoms with E-state index in [0.717, 1.165) is 10.5 Å². The number of imide groups is 1. The Kier molecular flexibility index (Phi) is 4.86. The Labute approximate surface area is 145 Å². The van der Waals surface area contributed by atoms with Gasteiger partial charge in [-0.1, -0.05) is 42.5 Å². The zero-order valence-corrected chi connectivity index (χ0v) is 14.8. The molecule has 0 fully saturated rings. The minimum atomic E-state index is -3.72. The van der Waals surface area contributed by atoms with Gasteiger partial charge >= 0.3 is 7.60 Å². The third kappa shape index (κ3) is 3.04. The molecule has 2 aromatic carbocycles. The smallest absolute Gasteiger partial charge is 0.310 e. The monoisotopic (exact) mass is 359 g/mol.